The molecule has 1 fully saturated rings. The Balaban J connectivity index is 1.34. The highest BCUT2D eigenvalue weighted by atomic mass is 32.1. The summed E-state index contributed by atoms with van der Waals surface area (Å²) in [7, 11) is 0. The molecule has 0 bridgehead atoms. The minimum atomic E-state index is -0.983. The van der Waals surface area contributed by atoms with E-state index < -0.39 is 5.54 Å². The van der Waals surface area contributed by atoms with E-state index in [4.69, 9.17) is 10.2 Å². The summed E-state index contributed by atoms with van der Waals surface area (Å²) in [5, 5.41) is 14.2. The molecule has 40 heavy (non-hydrogen) atoms. The molecule has 1 aliphatic rings. The zero-order valence-corrected chi connectivity index (χ0v) is 23.6. The number of aryl methyl sites for hydroxylation is 1. The van der Waals surface area contributed by atoms with Gasteiger partial charge in [0.15, 0.2) is 0 Å². The van der Waals surface area contributed by atoms with Crippen LogP contribution in [0.25, 0.3) is 22.0 Å². The molecule has 2 N–H and O–H groups in total. The molecule has 8 nitrogen and oxygen atoms in total. The van der Waals surface area contributed by atoms with Gasteiger partial charge in [0.05, 0.1) is 11.6 Å². The molecule has 0 saturated carbocycles. The molecule has 11 heteroatoms. The van der Waals surface area contributed by atoms with Gasteiger partial charge in [-0.25, -0.2) is 14.4 Å². The van der Waals surface area contributed by atoms with Crippen LogP contribution in [0.5, 0.6) is 0 Å². The molecular weight excluding hydrogens is 547 g/mol. The van der Waals surface area contributed by atoms with Crippen LogP contribution in [-0.2, 0) is 12.0 Å². The van der Waals surface area contributed by atoms with E-state index >= 15 is 0 Å². The molecule has 2 aromatic carbocycles. The van der Waals surface area contributed by atoms with Crippen LogP contribution in [0.4, 0.5) is 4.39 Å². The zero-order chi connectivity index (χ0) is 27.9. The van der Waals surface area contributed by atoms with Gasteiger partial charge in [-0.3, -0.25) is 4.79 Å². The fraction of sp³-hybridized carbons (Fsp3) is 0.276. The monoisotopic (exact) mass is 574 g/mol. The highest BCUT2D eigenvalue weighted by Gasteiger charge is 2.33. The molecule has 5 aromatic rings. The Kier molecular flexibility index (Phi) is 7.03. The normalized spacial score (nSPS) is 16.8. The average Bonchev–Trinajstić information content (AvgIpc) is 3.76. The lowest BCUT2D eigenvalue weighted by molar-refractivity contribution is 0.0735. The van der Waals surface area contributed by atoms with Gasteiger partial charge >= 0.3 is 0 Å². The third-order valence-electron chi connectivity index (χ3n) is 6.94. The Morgan fingerprint density at radius 2 is 1.98 bits per heavy atom. The minimum Gasteiger partial charge on any atom is -0.419 e. The number of rotatable bonds is 7. The van der Waals surface area contributed by atoms with Crippen molar-refractivity contribution in [2.75, 3.05) is 6.54 Å². The fourth-order valence-corrected chi connectivity index (χ4v) is 6.56. The number of halogens is 1. The molecule has 1 amide bonds. The maximum absolute atomic E-state index is 13.9. The number of carbonyl (C=O) groups is 1. The minimum absolute atomic E-state index is 0.0439. The van der Waals surface area contributed by atoms with Gasteiger partial charge in [-0.15, -0.1) is 32.9 Å². The Bertz CT molecular complexity index is 1650. The van der Waals surface area contributed by atoms with Crippen LogP contribution in [-0.4, -0.2) is 37.5 Å². The molecule has 1 aliphatic heterocycles. The molecule has 4 heterocycles. The maximum atomic E-state index is 13.9. The highest BCUT2D eigenvalue weighted by Crippen LogP contribution is 2.37. The van der Waals surface area contributed by atoms with E-state index in [2.05, 4.69) is 20.2 Å². The standard InChI is InChI=1S/C29H27FN6O2S2/c1-17-16-40-26(33-17)23-4-3-10-36(23)27(37)21-13-19(12-20(14-21)25-32-9-11-39-25)24-34-35-28(38-24)29(2,31)15-18-5-7-22(30)8-6-18/h5-9,11-14,16,23H,3-4,10,15,31H2,1-2H3. The molecular formula is C29H27FN6O2S2. The number of aromatic nitrogens is 4. The third-order valence-corrected chi connectivity index (χ3v) is 8.83. The molecule has 3 aromatic heterocycles. The smallest absolute Gasteiger partial charge is 0.254 e. The lowest BCUT2D eigenvalue weighted by atomic mass is 9.94. The average molecular weight is 575 g/mol. The first-order valence-corrected chi connectivity index (χ1v) is 14.7. The van der Waals surface area contributed by atoms with E-state index in [9.17, 15) is 9.18 Å². The van der Waals surface area contributed by atoms with Gasteiger partial charge < -0.3 is 15.1 Å². The summed E-state index contributed by atoms with van der Waals surface area (Å²) < 4.78 is 19.4. The van der Waals surface area contributed by atoms with Crippen molar-refractivity contribution in [1.29, 1.82) is 0 Å². The number of nitrogens with zero attached hydrogens (tertiary/aromatic N) is 5. The molecule has 0 radical (unpaired) electrons. The van der Waals surface area contributed by atoms with E-state index in [-0.39, 0.29) is 29.5 Å². The second-order valence-corrected chi connectivity index (χ2v) is 12.0. The second-order valence-electron chi connectivity index (χ2n) is 10.3. The van der Waals surface area contributed by atoms with Crippen LogP contribution in [0.2, 0.25) is 0 Å². The molecule has 0 spiro atoms. The number of hydrogen-bond donors (Lipinski definition) is 1. The summed E-state index contributed by atoms with van der Waals surface area (Å²) >= 11 is 3.08. The lowest BCUT2D eigenvalue weighted by Gasteiger charge is -2.23. The third kappa shape index (κ3) is 5.32. The van der Waals surface area contributed by atoms with Crippen molar-refractivity contribution in [3.63, 3.8) is 0 Å². The topological polar surface area (TPSA) is 111 Å². The van der Waals surface area contributed by atoms with Crippen molar-refractivity contribution >= 4 is 28.6 Å². The number of hydrogen-bond acceptors (Lipinski definition) is 9. The van der Waals surface area contributed by atoms with Gasteiger partial charge in [-0.05, 0) is 69.0 Å². The summed E-state index contributed by atoms with van der Waals surface area (Å²) in [6.45, 7) is 4.43. The number of amides is 1. The van der Waals surface area contributed by atoms with Crippen molar-refractivity contribution in [3.05, 3.63) is 93.0 Å². The predicted octanol–water partition coefficient (Wildman–Crippen LogP) is 6.16. The second kappa shape index (κ2) is 10.6. The van der Waals surface area contributed by atoms with Crippen molar-refractivity contribution < 1.29 is 13.6 Å². The Morgan fingerprint density at radius 3 is 2.70 bits per heavy atom. The number of likely N-dealkylation sites (tertiary alicyclic amines) is 1. The van der Waals surface area contributed by atoms with Crippen molar-refractivity contribution in [1.82, 2.24) is 25.1 Å². The van der Waals surface area contributed by atoms with Crippen LogP contribution in [0, 0.1) is 12.7 Å². The van der Waals surface area contributed by atoms with Crippen molar-refractivity contribution in [3.8, 4) is 22.0 Å². The van der Waals surface area contributed by atoms with Crippen LogP contribution >= 0.6 is 22.7 Å². The van der Waals surface area contributed by atoms with E-state index in [0.29, 0.717) is 24.1 Å². The number of thiazole rings is 2. The molecule has 204 valence electrons. The first-order chi connectivity index (χ1) is 19.3. The molecule has 0 aliphatic carbocycles. The molecule has 2 atom stereocenters. The van der Waals surface area contributed by atoms with Crippen LogP contribution in [0.3, 0.4) is 0 Å². The summed E-state index contributed by atoms with van der Waals surface area (Å²) in [5.74, 6) is 0.120. The summed E-state index contributed by atoms with van der Waals surface area (Å²) in [6.07, 6.45) is 3.91. The van der Waals surface area contributed by atoms with Gasteiger partial charge in [-0.1, -0.05) is 12.1 Å². The van der Waals surface area contributed by atoms with Crippen LogP contribution in [0.1, 0.15) is 58.3 Å². The van der Waals surface area contributed by atoms with E-state index in [1.165, 1.54) is 23.5 Å². The summed E-state index contributed by atoms with van der Waals surface area (Å²) in [6, 6.07) is 11.7. The van der Waals surface area contributed by atoms with Gasteiger partial charge in [0, 0.05) is 45.9 Å². The zero-order valence-electron chi connectivity index (χ0n) is 22.0. The van der Waals surface area contributed by atoms with E-state index in [0.717, 1.165) is 39.7 Å². The predicted molar refractivity (Wildman–Crippen MR) is 152 cm³/mol. The Morgan fingerprint density at radius 1 is 1.18 bits per heavy atom. The van der Waals surface area contributed by atoms with Gasteiger partial charge in [0.25, 0.3) is 5.91 Å². The molecule has 2 unspecified atom stereocenters. The van der Waals surface area contributed by atoms with Gasteiger partial charge in [0.1, 0.15) is 15.8 Å². The largest absolute Gasteiger partial charge is 0.419 e. The summed E-state index contributed by atoms with van der Waals surface area (Å²) in [5.41, 5.74) is 9.32. The number of benzene rings is 2. The first-order valence-electron chi connectivity index (χ1n) is 12.9. The van der Waals surface area contributed by atoms with Crippen molar-refractivity contribution in [2.45, 2.75) is 44.7 Å². The fourth-order valence-electron chi connectivity index (χ4n) is 4.99. The van der Waals surface area contributed by atoms with E-state index in [1.54, 1.807) is 42.7 Å². The molecule has 6 rings (SSSR count). The number of nitrogens with two attached hydrogens (primary N) is 1. The van der Waals surface area contributed by atoms with Gasteiger partial charge in [-0.2, -0.15) is 0 Å². The first kappa shape index (κ1) is 26.4. The summed E-state index contributed by atoms with van der Waals surface area (Å²) in [4.78, 5) is 24.9. The van der Waals surface area contributed by atoms with E-state index in [1.807, 2.05) is 34.7 Å². The maximum Gasteiger partial charge on any atom is 0.254 e. The van der Waals surface area contributed by atoms with Crippen LogP contribution < -0.4 is 5.73 Å². The quantitative estimate of drug-likeness (QED) is 0.248. The lowest BCUT2D eigenvalue weighted by Crippen LogP contribution is -2.35. The van der Waals surface area contributed by atoms with Crippen LogP contribution in [0.15, 0.2) is 63.8 Å². The highest BCUT2D eigenvalue weighted by molar-refractivity contribution is 7.13. The molecule has 1 saturated heterocycles. The Hall–Kier alpha value is -3.80. The van der Waals surface area contributed by atoms with Crippen molar-refractivity contribution in [2.24, 2.45) is 5.73 Å². The SMILES string of the molecule is Cc1csc(C2CCCN2C(=O)c2cc(-c3nnc(C(C)(N)Cc4ccc(F)cc4)o3)cc(-c3nccs3)c2)n1. The van der Waals surface area contributed by atoms with Gasteiger partial charge in [0.2, 0.25) is 11.8 Å². The Labute approximate surface area is 238 Å². The number of carbonyl (C=O) groups excluding carboxylic acids is 1.